The molecule has 0 atom stereocenters. The number of amides is 1. The Hall–Kier alpha value is -2.33. The molecule has 0 spiro atoms. The molecule has 0 radical (unpaired) electrons. The van der Waals surface area contributed by atoms with E-state index in [1.54, 1.807) is 0 Å². The maximum Gasteiger partial charge on any atom is 0.207 e. The van der Waals surface area contributed by atoms with Crippen LogP contribution in [0.5, 0.6) is 0 Å². The molecule has 4 nitrogen and oxygen atoms in total. The molecule has 3 rings (SSSR count). The molecule has 0 saturated carbocycles. The van der Waals surface area contributed by atoms with Crippen LogP contribution >= 0.6 is 11.6 Å². The van der Waals surface area contributed by atoms with E-state index < -0.39 is 0 Å². The topological polar surface area (TPSA) is 46.9 Å². The normalized spacial score (nSPS) is 10.8. The number of hydrogen-bond acceptors (Lipinski definition) is 2. The van der Waals surface area contributed by atoms with Crippen molar-refractivity contribution >= 4 is 29.0 Å². The molecule has 1 amide bonds. The molecule has 112 valence electrons. The van der Waals surface area contributed by atoms with Gasteiger partial charge in [-0.1, -0.05) is 35.9 Å². The number of nitrogens with one attached hydrogen (secondary N) is 1. The first-order valence-corrected chi connectivity index (χ1v) is 7.51. The van der Waals surface area contributed by atoms with Gasteiger partial charge in [0.1, 0.15) is 5.82 Å². The average Bonchev–Trinajstić information content (AvgIpc) is 2.86. The van der Waals surface area contributed by atoms with Crippen molar-refractivity contribution in [2.75, 3.05) is 6.54 Å². The summed E-state index contributed by atoms with van der Waals surface area (Å²) in [6.45, 7) is 1.28. The average molecular weight is 314 g/mol. The van der Waals surface area contributed by atoms with E-state index in [9.17, 15) is 4.79 Å². The van der Waals surface area contributed by atoms with Gasteiger partial charge in [0.15, 0.2) is 0 Å². The van der Waals surface area contributed by atoms with Crippen molar-refractivity contribution < 1.29 is 4.79 Å². The first-order chi connectivity index (χ1) is 10.8. The van der Waals surface area contributed by atoms with E-state index in [1.807, 2.05) is 42.5 Å². The Morgan fingerprint density at radius 1 is 1.18 bits per heavy atom. The number of carbonyl (C=O) groups is 1. The van der Waals surface area contributed by atoms with Crippen LogP contribution < -0.4 is 5.32 Å². The number of halogens is 1. The molecule has 0 aliphatic heterocycles. The lowest BCUT2D eigenvalue weighted by Crippen LogP contribution is -2.17. The molecular formula is C17H16ClN3O. The molecule has 5 heteroatoms. The zero-order valence-corrected chi connectivity index (χ0v) is 12.8. The highest BCUT2D eigenvalue weighted by atomic mass is 35.5. The number of fused-ring (bicyclic) bond motifs is 1. The first-order valence-electron chi connectivity index (χ1n) is 7.13. The fourth-order valence-corrected chi connectivity index (χ4v) is 2.77. The summed E-state index contributed by atoms with van der Waals surface area (Å²) in [5, 5.41) is 3.41. The SMILES string of the molecule is O=CNCCc1nc2ccccc2n1Cc1cccc(Cl)c1. The molecule has 0 bridgehead atoms. The number of rotatable bonds is 6. The van der Waals surface area contributed by atoms with Gasteiger partial charge in [0, 0.05) is 24.5 Å². The van der Waals surface area contributed by atoms with Crippen LogP contribution in [0.1, 0.15) is 11.4 Å². The summed E-state index contributed by atoms with van der Waals surface area (Å²) in [5.41, 5.74) is 3.18. The summed E-state index contributed by atoms with van der Waals surface area (Å²) >= 11 is 6.07. The van der Waals surface area contributed by atoms with Crippen LogP contribution in [0.3, 0.4) is 0 Å². The highest BCUT2D eigenvalue weighted by molar-refractivity contribution is 6.30. The van der Waals surface area contributed by atoms with E-state index in [0.29, 0.717) is 25.9 Å². The van der Waals surface area contributed by atoms with Gasteiger partial charge in [-0.3, -0.25) is 4.79 Å². The Morgan fingerprint density at radius 2 is 2.05 bits per heavy atom. The molecule has 2 aromatic carbocycles. The number of para-hydroxylation sites is 2. The van der Waals surface area contributed by atoms with E-state index in [-0.39, 0.29) is 0 Å². The molecular weight excluding hydrogens is 298 g/mol. The maximum atomic E-state index is 10.4. The summed E-state index contributed by atoms with van der Waals surface area (Å²) in [7, 11) is 0. The van der Waals surface area contributed by atoms with Gasteiger partial charge in [0.2, 0.25) is 6.41 Å². The molecule has 1 heterocycles. The number of benzene rings is 2. The van der Waals surface area contributed by atoms with Crippen LogP contribution in [0.25, 0.3) is 11.0 Å². The molecule has 0 fully saturated rings. The molecule has 0 aliphatic carbocycles. The number of hydrogen-bond donors (Lipinski definition) is 1. The van der Waals surface area contributed by atoms with Gasteiger partial charge < -0.3 is 9.88 Å². The van der Waals surface area contributed by atoms with Crippen molar-refractivity contribution in [2.45, 2.75) is 13.0 Å². The zero-order chi connectivity index (χ0) is 15.4. The lowest BCUT2D eigenvalue weighted by Gasteiger charge is -2.09. The largest absolute Gasteiger partial charge is 0.358 e. The minimum atomic E-state index is 0.572. The predicted molar refractivity (Wildman–Crippen MR) is 88.1 cm³/mol. The number of aromatic nitrogens is 2. The van der Waals surface area contributed by atoms with Crippen LogP contribution in [-0.4, -0.2) is 22.5 Å². The standard InChI is InChI=1S/C17H16ClN3O/c18-14-5-3-4-13(10-14)11-21-16-7-2-1-6-15(16)20-17(21)8-9-19-12-22/h1-7,10,12H,8-9,11H2,(H,19,22). The van der Waals surface area contributed by atoms with Crippen molar-refractivity contribution in [1.29, 1.82) is 0 Å². The van der Waals surface area contributed by atoms with Crippen molar-refractivity contribution in [1.82, 2.24) is 14.9 Å². The fourth-order valence-electron chi connectivity index (χ4n) is 2.55. The molecule has 0 unspecified atom stereocenters. The Morgan fingerprint density at radius 3 is 2.86 bits per heavy atom. The van der Waals surface area contributed by atoms with Gasteiger partial charge in [0.05, 0.1) is 11.0 Å². The van der Waals surface area contributed by atoms with Crippen molar-refractivity contribution in [3.05, 3.63) is 64.9 Å². The van der Waals surface area contributed by atoms with Gasteiger partial charge in [0.25, 0.3) is 0 Å². The molecule has 22 heavy (non-hydrogen) atoms. The minimum Gasteiger partial charge on any atom is -0.358 e. The smallest absolute Gasteiger partial charge is 0.207 e. The van der Waals surface area contributed by atoms with E-state index in [4.69, 9.17) is 11.6 Å². The molecule has 1 N–H and O–H groups in total. The van der Waals surface area contributed by atoms with Crippen molar-refractivity contribution in [3.8, 4) is 0 Å². The number of nitrogens with zero attached hydrogens (tertiary/aromatic N) is 2. The molecule has 0 aliphatic rings. The first kappa shape index (κ1) is 14.6. The molecule has 3 aromatic rings. The number of imidazole rings is 1. The van der Waals surface area contributed by atoms with Gasteiger partial charge in [-0.15, -0.1) is 0 Å². The van der Waals surface area contributed by atoms with Crippen LogP contribution in [0, 0.1) is 0 Å². The third-order valence-electron chi connectivity index (χ3n) is 3.54. The summed E-state index contributed by atoms with van der Waals surface area (Å²) in [4.78, 5) is 15.1. The highest BCUT2D eigenvalue weighted by Crippen LogP contribution is 2.19. The Labute approximate surface area is 133 Å². The lowest BCUT2D eigenvalue weighted by molar-refractivity contribution is -0.109. The molecule has 1 aromatic heterocycles. The lowest BCUT2D eigenvalue weighted by atomic mass is 10.2. The third kappa shape index (κ3) is 3.12. The number of carbonyl (C=O) groups excluding carboxylic acids is 1. The van der Waals surface area contributed by atoms with Crippen LogP contribution in [0.15, 0.2) is 48.5 Å². The van der Waals surface area contributed by atoms with Crippen LogP contribution in [0.2, 0.25) is 5.02 Å². The van der Waals surface area contributed by atoms with E-state index >= 15 is 0 Å². The fraction of sp³-hybridized carbons (Fsp3) is 0.176. The van der Waals surface area contributed by atoms with E-state index in [2.05, 4.69) is 20.9 Å². The Kier molecular flexibility index (Phi) is 4.39. The second-order valence-corrected chi connectivity index (χ2v) is 5.49. The Bertz CT molecular complexity index is 797. The van der Waals surface area contributed by atoms with Crippen LogP contribution in [-0.2, 0) is 17.8 Å². The second kappa shape index (κ2) is 6.62. The maximum absolute atomic E-state index is 10.4. The predicted octanol–water partition coefficient (Wildman–Crippen LogP) is 3.03. The quantitative estimate of drug-likeness (QED) is 0.561. The van der Waals surface area contributed by atoms with Crippen molar-refractivity contribution in [3.63, 3.8) is 0 Å². The highest BCUT2D eigenvalue weighted by Gasteiger charge is 2.10. The Balaban J connectivity index is 1.97. The van der Waals surface area contributed by atoms with Crippen molar-refractivity contribution in [2.24, 2.45) is 0 Å². The van der Waals surface area contributed by atoms with Gasteiger partial charge in [-0.05, 0) is 29.8 Å². The summed E-state index contributed by atoms with van der Waals surface area (Å²) < 4.78 is 2.17. The zero-order valence-electron chi connectivity index (χ0n) is 12.0. The minimum absolute atomic E-state index is 0.572. The van der Waals surface area contributed by atoms with Crippen LogP contribution in [0.4, 0.5) is 0 Å². The van der Waals surface area contributed by atoms with Gasteiger partial charge >= 0.3 is 0 Å². The monoisotopic (exact) mass is 313 g/mol. The van der Waals surface area contributed by atoms with E-state index in [1.165, 1.54) is 0 Å². The second-order valence-electron chi connectivity index (χ2n) is 5.05. The molecule has 0 saturated heterocycles. The van der Waals surface area contributed by atoms with Gasteiger partial charge in [-0.2, -0.15) is 0 Å². The van der Waals surface area contributed by atoms with Gasteiger partial charge in [-0.25, -0.2) is 4.98 Å². The summed E-state index contributed by atoms with van der Waals surface area (Å²) in [6.07, 6.45) is 1.40. The van der Waals surface area contributed by atoms with E-state index in [0.717, 1.165) is 27.4 Å². The summed E-state index contributed by atoms with van der Waals surface area (Å²) in [5.74, 6) is 0.954. The third-order valence-corrected chi connectivity index (χ3v) is 3.77. The summed E-state index contributed by atoms with van der Waals surface area (Å²) in [6, 6.07) is 15.9.